The van der Waals surface area contributed by atoms with E-state index in [9.17, 15) is 0 Å². The summed E-state index contributed by atoms with van der Waals surface area (Å²) in [5.74, 6) is 3.18. The summed E-state index contributed by atoms with van der Waals surface area (Å²) in [5.41, 5.74) is 15.2. The van der Waals surface area contributed by atoms with Crippen LogP contribution in [0.2, 0.25) is 0 Å². The first-order chi connectivity index (χ1) is 13.2. The van der Waals surface area contributed by atoms with Gasteiger partial charge in [-0.3, -0.25) is 0 Å². The second-order valence-corrected chi connectivity index (χ2v) is 8.51. The van der Waals surface area contributed by atoms with Gasteiger partial charge in [0.1, 0.15) is 11.5 Å². The van der Waals surface area contributed by atoms with E-state index in [0.29, 0.717) is 12.1 Å². The molecule has 2 aromatic rings. The lowest BCUT2D eigenvalue weighted by Gasteiger charge is -2.31. The average Bonchev–Trinajstić information content (AvgIpc) is 2.55. The highest BCUT2D eigenvalue weighted by atomic mass is 16.5. The monoisotopic (exact) mass is 364 g/mol. The molecule has 0 unspecified atom stereocenters. The number of hydrogen-bond acceptors (Lipinski definition) is 3. The highest BCUT2D eigenvalue weighted by Gasteiger charge is 2.25. The van der Waals surface area contributed by atoms with Gasteiger partial charge in [0.05, 0.1) is 0 Å². The van der Waals surface area contributed by atoms with Gasteiger partial charge in [0.15, 0.2) is 0 Å². The Hall–Kier alpha value is -1.84. The summed E-state index contributed by atoms with van der Waals surface area (Å²) >= 11 is 0. The highest BCUT2D eigenvalue weighted by Crippen LogP contribution is 2.31. The summed E-state index contributed by atoms with van der Waals surface area (Å²) in [4.78, 5) is 0. The molecule has 2 aliphatic carbocycles. The average molecular weight is 365 g/mol. The van der Waals surface area contributed by atoms with E-state index in [1.807, 2.05) is 24.3 Å². The standard InChI is InChI=1S/C24H32N2O/c25-23(19-3-1-4-19)15-17-7-11-21(12-8-17)27-22-13-9-18(10-14-22)16-24(26)20-5-2-6-20/h7-14,19-20,23-24H,1-6,15-16,25-26H2/t23-,24-/m1/s1. The van der Waals surface area contributed by atoms with Crippen molar-refractivity contribution in [3.8, 4) is 11.5 Å². The first kappa shape index (κ1) is 18.5. The molecule has 2 saturated carbocycles. The third-order valence-corrected chi connectivity index (χ3v) is 6.54. The molecule has 4 N–H and O–H groups in total. The molecule has 27 heavy (non-hydrogen) atoms. The van der Waals surface area contributed by atoms with Crippen molar-refractivity contribution in [2.75, 3.05) is 0 Å². The van der Waals surface area contributed by atoms with E-state index in [1.165, 1.54) is 49.7 Å². The van der Waals surface area contributed by atoms with Crippen LogP contribution in [0.15, 0.2) is 48.5 Å². The molecule has 144 valence electrons. The Morgan fingerprint density at radius 2 is 1.04 bits per heavy atom. The van der Waals surface area contributed by atoms with Crippen LogP contribution in [0.5, 0.6) is 11.5 Å². The maximum absolute atomic E-state index is 6.31. The summed E-state index contributed by atoms with van der Waals surface area (Å²) in [6.07, 6.45) is 9.79. The number of ether oxygens (including phenoxy) is 1. The molecule has 0 heterocycles. The zero-order chi connectivity index (χ0) is 18.6. The molecule has 2 atom stereocenters. The first-order valence-electron chi connectivity index (χ1n) is 10.5. The predicted molar refractivity (Wildman–Crippen MR) is 111 cm³/mol. The van der Waals surface area contributed by atoms with Gasteiger partial charge in [-0.25, -0.2) is 0 Å². The van der Waals surface area contributed by atoms with E-state index in [2.05, 4.69) is 24.3 Å². The first-order valence-corrected chi connectivity index (χ1v) is 10.5. The fourth-order valence-electron chi connectivity index (χ4n) is 4.14. The van der Waals surface area contributed by atoms with E-state index in [-0.39, 0.29) is 0 Å². The minimum absolute atomic E-state index is 0.296. The molecule has 2 aliphatic rings. The van der Waals surface area contributed by atoms with Crippen molar-refractivity contribution in [2.45, 2.75) is 63.5 Å². The van der Waals surface area contributed by atoms with Crippen molar-refractivity contribution in [3.05, 3.63) is 59.7 Å². The molecule has 4 rings (SSSR count). The number of benzene rings is 2. The van der Waals surface area contributed by atoms with Gasteiger partial charge in [0.2, 0.25) is 0 Å². The molecular weight excluding hydrogens is 332 g/mol. The van der Waals surface area contributed by atoms with E-state index in [0.717, 1.165) is 36.2 Å². The molecule has 3 heteroatoms. The van der Waals surface area contributed by atoms with E-state index in [4.69, 9.17) is 16.2 Å². The zero-order valence-corrected chi connectivity index (χ0v) is 16.1. The predicted octanol–water partition coefficient (Wildman–Crippen LogP) is 4.82. The van der Waals surface area contributed by atoms with Crippen LogP contribution in [-0.4, -0.2) is 12.1 Å². The largest absolute Gasteiger partial charge is 0.457 e. The highest BCUT2D eigenvalue weighted by molar-refractivity contribution is 5.35. The third-order valence-electron chi connectivity index (χ3n) is 6.54. The summed E-state index contributed by atoms with van der Waals surface area (Å²) in [5, 5.41) is 0. The summed E-state index contributed by atoms with van der Waals surface area (Å²) in [7, 11) is 0. The van der Waals surface area contributed by atoms with Crippen LogP contribution in [0.1, 0.15) is 49.7 Å². The van der Waals surface area contributed by atoms with Gasteiger partial charge in [0.25, 0.3) is 0 Å². The Morgan fingerprint density at radius 1 is 0.667 bits per heavy atom. The Labute approximate surface area is 163 Å². The number of rotatable bonds is 8. The minimum atomic E-state index is 0.296. The zero-order valence-electron chi connectivity index (χ0n) is 16.1. The van der Waals surface area contributed by atoms with Crippen LogP contribution < -0.4 is 16.2 Å². The van der Waals surface area contributed by atoms with Crippen LogP contribution in [0.25, 0.3) is 0 Å². The molecule has 2 fully saturated rings. The van der Waals surface area contributed by atoms with Crippen molar-refractivity contribution in [1.29, 1.82) is 0 Å². The number of hydrogen-bond donors (Lipinski definition) is 2. The van der Waals surface area contributed by atoms with Crippen molar-refractivity contribution in [2.24, 2.45) is 23.3 Å². The van der Waals surface area contributed by atoms with Crippen LogP contribution in [0.4, 0.5) is 0 Å². The van der Waals surface area contributed by atoms with Crippen LogP contribution >= 0.6 is 0 Å². The topological polar surface area (TPSA) is 61.3 Å². The lowest BCUT2D eigenvalue weighted by molar-refractivity contribution is 0.260. The molecule has 0 amide bonds. The molecule has 0 bridgehead atoms. The van der Waals surface area contributed by atoms with Crippen LogP contribution in [-0.2, 0) is 12.8 Å². The van der Waals surface area contributed by atoms with Crippen molar-refractivity contribution >= 4 is 0 Å². The lowest BCUT2D eigenvalue weighted by Crippen LogP contribution is -2.36. The fourth-order valence-corrected chi connectivity index (χ4v) is 4.14. The maximum Gasteiger partial charge on any atom is 0.127 e. The minimum Gasteiger partial charge on any atom is -0.457 e. The van der Waals surface area contributed by atoms with E-state index >= 15 is 0 Å². The Morgan fingerprint density at radius 3 is 1.33 bits per heavy atom. The molecule has 0 radical (unpaired) electrons. The fraction of sp³-hybridized carbons (Fsp3) is 0.500. The molecule has 2 aromatic carbocycles. The SMILES string of the molecule is N[C@H](Cc1ccc(Oc2ccc(C[C@@H](N)C3CCC3)cc2)cc1)C1CCC1. The lowest BCUT2D eigenvalue weighted by atomic mass is 9.78. The van der Waals surface area contributed by atoms with Gasteiger partial charge in [-0.1, -0.05) is 37.1 Å². The summed E-state index contributed by atoms with van der Waals surface area (Å²) in [6, 6.07) is 17.3. The van der Waals surface area contributed by atoms with Crippen LogP contribution in [0, 0.1) is 11.8 Å². The van der Waals surface area contributed by atoms with E-state index < -0.39 is 0 Å². The van der Waals surface area contributed by atoms with Gasteiger partial charge >= 0.3 is 0 Å². The molecule has 0 aliphatic heterocycles. The second-order valence-electron chi connectivity index (χ2n) is 8.51. The molecule has 0 saturated heterocycles. The van der Waals surface area contributed by atoms with Gasteiger partial charge in [-0.15, -0.1) is 0 Å². The quantitative estimate of drug-likeness (QED) is 0.706. The Kier molecular flexibility index (Phi) is 5.80. The van der Waals surface area contributed by atoms with Gasteiger partial charge in [-0.05, 0) is 85.8 Å². The third kappa shape index (κ3) is 4.72. The Bertz CT molecular complexity index is 654. The second kappa shape index (κ2) is 8.45. The smallest absolute Gasteiger partial charge is 0.127 e. The van der Waals surface area contributed by atoms with Gasteiger partial charge < -0.3 is 16.2 Å². The number of nitrogens with two attached hydrogens (primary N) is 2. The van der Waals surface area contributed by atoms with E-state index in [1.54, 1.807) is 0 Å². The Balaban J connectivity index is 1.29. The molecular formula is C24H32N2O. The molecule has 3 nitrogen and oxygen atoms in total. The summed E-state index contributed by atoms with van der Waals surface area (Å²) < 4.78 is 6.00. The molecule has 0 aromatic heterocycles. The van der Waals surface area contributed by atoms with Crippen molar-refractivity contribution in [1.82, 2.24) is 0 Å². The van der Waals surface area contributed by atoms with Gasteiger partial charge in [-0.2, -0.15) is 0 Å². The van der Waals surface area contributed by atoms with Crippen molar-refractivity contribution in [3.63, 3.8) is 0 Å². The maximum atomic E-state index is 6.31. The van der Waals surface area contributed by atoms with Gasteiger partial charge in [0, 0.05) is 12.1 Å². The normalized spacial score (nSPS) is 19.8. The molecule has 0 spiro atoms. The van der Waals surface area contributed by atoms with Crippen molar-refractivity contribution < 1.29 is 4.74 Å². The van der Waals surface area contributed by atoms with Crippen LogP contribution in [0.3, 0.4) is 0 Å². The summed E-state index contributed by atoms with van der Waals surface area (Å²) in [6.45, 7) is 0.